The molecule has 0 aliphatic carbocycles. The maximum atomic E-state index is 8.99. The summed E-state index contributed by atoms with van der Waals surface area (Å²) in [4.78, 5) is 11.4. The molecule has 0 N–H and O–H groups in total. The standard InChI is InChI=1S/C26H16N6O2S/c1-16(2)32-21(23-8-5-19(33-23)11-17(13-27)29-3)6-7-22(32)24-9-10-25(34-24)26-31-15-20(35-26)12-18(14-28)30-4/h5-12,15-16H,1-2H3/b17-11+,18-12-. The Balaban J connectivity index is 1.68. The molecule has 4 heterocycles. The molecular weight excluding hydrogens is 460 g/mol. The fourth-order valence-electron chi connectivity index (χ4n) is 3.48. The highest BCUT2D eigenvalue weighted by molar-refractivity contribution is 7.15. The SMILES string of the molecule is [C-]#[N+]/C(C#N)=C\c1cnc(-c2ccc(-c3ccc(-c4ccc(/C=C(\C#N)[N+]#[C-])o4)n3C(C)C)o2)s1. The second kappa shape index (κ2) is 9.81. The number of hydrogen-bond donors (Lipinski definition) is 0. The number of hydrogen-bond acceptors (Lipinski definition) is 6. The molecule has 0 aliphatic heterocycles. The van der Waals surface area contributed by atoms with Gasteiger partial charge in [-0.2, -0.15) is 0 Å². The van der Waals surface area contributed by atoms with E-state index in [-0.39, 0.29) is 17.4 Å². The maximum Gasteiger partial charge on any atom is 0.265 e. The Morgan fingerprint density at radius 1 is 0.943 bits per heavy atom. The number of nitriles is 2. The van der Waals surface area contributed by atoms with Crippen LogP contribution in [0.15, 0.2) is 62.8 Å². The third kappa shape index (κ3) is 4.68. The van der Waals surface area contributed by atoms with Crippen molar-refractivity contribution in [1.29, 1.82) is 10.5 Å². The van der Waals surface area contributed by atoms with Gasteiger partial charge in [0.1, 0.15) is 5.76 Å². The molecule has 0 aliphatic rings. The topological polar surface area (TPSA) is 100 Å². The summed E-state index contributed by atoms with van der Waals surface area (Å²) in [7, 11) is 0. The molecule has 0 atom stereocenters. The van der Waals surface area contributed by atoms with Crippen LogP contribution in [0, 0.1) is 35.8 Å². The number of allylic oxidation sites excluding steroid dienone is 2. The van der Waals surface area contributed by atoms with Crippen LogP contribution in [0.25, 0.3) is 55.5 Å². The lowest BCUT2D eigenvalue weighted by molar-refractivity contribution is 0.542. The van der Waals surface area contributed by atoms with Crippen molar-refractivity contribution in [3.05, 3.63) is 87.5 Å². The zero-order valence-electron chi connectivity index (χ0n) is 18.7. The summed E-state index contributed by atoms with van der Waals surface area (Å²) in [5.41, 5.74) is 1.63. The molecule has 0 amide bonds. The van der Waals surface area contributed by atoms with E-state index in [9.17, 15) is 0 Å². The van der Waals surface area contributed by atoms with Gasteiger partial charge in [0.15, 0.2) is 22.3 Å². The van der Waals surface area contributed by atoms with Crippen molar-refractivity contribution in [2.75, 3.05) is 0 Å². The van der Waals surface area contributed by atoms with E-state index in [0.717, 1.165) is 11.4 Å². The van der Waals surface area contributed by atoms with Gasteiger partial charge in [-0.15, -0.1) is 11.3 Å². The third-order valence-corrected chi connectivity index (χ3v) is 5.89. The first-order valence-electron chi connectivity index (χ1n) is 10.3. The second-order valence-corrected chi connectivity index (χ2v) is 8.57. The van der Waals surface area contributed by atoms with Gasteiger partial charge in [-0.1, -0.05) is 0 Å². The van der Waals surface area contributed by atoms with Crippen molar-refractivity contribution < 1.29 is 8.83 Å². The lowest BCUT2D eigenvalue weighted by atomic mass is 10.3. The minimum absolute atomic E-state index is 0.00265. The molecular formula is C26H16N6O2S. The molecule has 35 heavy (non-hydrogen) atoms. The van der Waals surface area contributed by atoms with Crippen molar-refractivity contribution in [3.63, 3.8) is 0 Å². The Morgan fingerprint density at radius 3 is 2.17 bits per heavy atom. The predicted molar refractivity (Wildman–Crippen MR) is 132 cm³/mol. The molecule has 0 fully saturated rings. The van der Waals surface area contributed by atoms with Crippen LogP contribution in [0.3, 0.4) is 0 Å². The van der Waals surface area contributed by atoms with E-state index in [2.05, 4.69) is 33.1 Å². The average molecular weight is 477 g/mol. The van der Waals surface area contributed by atoms with Crippen LogP contribution in [0.1, 0.15) is 30.5 Å². The van der Waals surface area contributed by atoms with Crippen LogP contribution in [0.4, 0.5) is 0 Å². The number of furan rings is 2. The molecule has 4 aromatic rings. The van der Waals surface area contributed by atoms with Crippen LogP contribution < -0.4 is 0 Å². The van der Waals surface area contributed by atoms with E-state index in [4.69, 9.17) is 32.5 Å². The zero-order chi connectivity index (χ0) is 24.9. The van der Waals surface area contributed by atoms with Gasteiger partial charge >= 0.3 is 0 Å². The van der Waals surface area contributed by atoms with E-state index >= 15 is 0 Å². The molecule has 0 aromatic carbocycles. The first-order valence-corrected chi connectivity index (χ1v) is 11.2. The average Bonchev–Trinajstić information content (AvgIpc) is 3.66. The molecule has 4 rings (SSSR count). The second-order valence-electron chi connectivity index (χ2n) is 7.51. The van der Waals surface area contributed by atoms with Crippen LogP contribution in [-0.2, 0) is 0 Å². The largest absolute Gasteiger partial charge is 0.456 e. The van der Waals surface area contributed by atoms with Crippen LogP contribution in [0.2, 0.25) is 0 Å². The van der Waals surface area contributed by atoms with Gasteiger partial charge in [0, 0.05) is 17.1 Å². The molecule has 0 radical (unpaired) electrons. The third-order valence-electron chi connectivity index (χ3n) is 4.93. The van der Waals surface area contributed by atoms with E-state index in [1.807, 2.05) is 36.4 Å². The minimum Gasteiger partial charge on any atom is -0.456 e. The lowest BCUT2D eigenvalue weighted by Gasteiger charge is -2.15. The summed E-state index contributed by atoms with van der Waals surface area (Å²) in [6, 6.07) is 14.9. The summed E-state index contributed by atoms with van der Waals surface area (Å²) < 4.78 is 14.1. The fraction of sp³-hybridized carbons (Fsp3) is 0.115. The van der Waals surface area contributed by atoms with Gasteiger partial charge in [-0.3, -0.25) is 0 Å². The summed E-state index contributed by atoms with van der Waals surface area (Å²) in [6.45, 7) is 18.1. The van der Waals surface area contributed by atoms with E-state index in [0.29, 0.717) is 32.9 Å². The first kappa shape index (κ1) is 23.1. The Kier molecular flexibility index (Phi) is 6.47. The Morgan fingerprint density at radius 2 is 1.54 bits per heavy atom. The fourth-order valence-corrected chi connectivity index (χ4v) is 4.30. The smallest absolute Gasteiger partial charge is 0.265 e. The van der Waals surface area contributed by atoms with Gasteiger partial charge < -0.3 is 13.4 Å². The van der Waals surface area contributed by atoms with Crippen molar-refractivity contribution >= 4 is 23.5 Å². The Hall–Kier alpha value is -5.09. The van der Waals surface area contributed by atoms with E-state index in [1.165, 1.54) is 23.5 Å². The maximum absolute atomic E-state index is 8.99. The van der Waals surface area contributed by atoms with Gasteiger partial charge in [-0.05, 0) is 62.4 Å². The molecule has 0 unspecified atom stereocenters. The van der Waals surface area contributed by atoms with Crippen molar-refractivity contribution in [2.24, 2.45) is 0 Å². The first-order chi connectivity index (χ1) is 17.0. The van der Waals surface area contributed by atoms with E-state index in [1.54, 1.807) is 18.3 Å². The quantitative estimate of drug-likeness (QED) is 0.215. The van der Waals surface area contributed by atoms with Crippen molar-refractivity contribution in [2.45, 2.75) is 19.9 Å². The molecule has 0 bridgehead atoms. The van der Waals surface area contributed by atoms with Gasteiger partial charge in [0.25, 0.3) is 11.4 Å². The summed E-state index contributed by atoms with van der Waals surface area (Å²) in [5.74, 6) is 2.27. The molecule has 0 saturated carbocycles. The zero-order valence-corrected chi connectivity index (χ0v) is 19.5. The van der Waals surface area contributed by atoms with Crippen molar-refractivity contribution in [3.8, 4) is 45.8 Å². The number of nitrogens with zero attached hydrogens (tertiary/aromatic N) is 6. The van der Waals surface area contributed by atoms with Gasteiger partial charge in [0.05, 0.1) is 36.7 Å². The molecule has 9 heteroatoms. The molecule has 0 saturated heterocycles. The predicted octanol–water partition coefficient (Wildman–Crippen LogP) is 7.28. The molecule has 4 aromatic heterocycles. The van der Waals surface area contributed by atoms with E-state index < -0.39 is 0 Å². The summed E-state index contributed by atoms with van der Waals surface area (Å²) in [6.07, 6.45) is 4.51. The van der Waals surface area contributed by atoms with Crippen LogP contribution >= 0.6 is 11.3 Å². The highest BCUT2D eigenvalue weighted by Crippen LogP contribution is 2.36. The Labute approximate surface area is 205 Å². The lowest BCUT2D eigenvalue weighted by Crippen LogP contribution is -2.04. The number of aromatic nitrogens is 2. The Bertz CT molecular complexity index is 1600. The van der Waals surface area contributed by atoms with Gasteiger partial charge in [0.2, 0.25) is 0 Å². The summed E-state index contributed by atoms with van der Waals surface area (Å²) in [5, 5.41) is 18.6. The highest BCUT2D eigenvalue weighted by atomic mass is 32.1. The monoisotopic (exact) mass is 476 g/mol. The van der Waals surface area contributed by atoms with Crippen LogP contribution in [-0.4, -0.2) is 9.55 Å². The minimum atomic E-state index is -0.0484. The van der Waals surface area contributed by atoms with Crippen LogP contribution in [0.5, 0.6) is 0 Å². The highest BCUT2D eigenvalue weighted by Gasteiger charge is 2.19. The molecule has 8 nitrogen and oxygen atoms in total. The number of thiazole rings is 1. The molecule has 168 valence electrons. The summed E-state index contributed by atoms with van der Waals surface area (Å²) >= 11 is 1.33. The normalized spacial score (nSPS) is 11.6. The molecule has 0 spiro atoms. The van der Waals surface area contributed by atoms with Crippen molar-refractivity contribution in [1.82, 2.24) is 9.55 Å². The van der Waals surface area contributed by atoms with Gasteiger partial charge in [-0.25, -0.2) is 25.2 Å². The number of rotatable bonds is 6.